The summed E-state index contributed by atoms with van der Waals surface area (Å²) in [4.78, 5) is 25.1. The van der Waals surface area contributed by atoms with E-state index in [2.05, 4.69) is 5.32 Å². The fourth-order valence-corrected chi connectivity index (χ4v) is 5.84. The molecule has 0 aliphatic heterocycles. The quantitative estimate of drug-likeness (QED) is 0.802. The molecule has 5 rings (SSSR count). The lowest BCUT2D eigenvalue weighted by Crippen LogP contribution is -2.57. The Kier molecular flexibility index (Phi) is 4.87. The Morgan fingerprint density at radius 2 is 1.63 bits per heavy atom. The number of alkyl carbamates (subject to hydrolysis) is 1. The number of benzene rings is 1. The minimum absolute atomic E-state index is 0.00331. The zero-order valence-electron chi connectivity index (χ0n) is 16.1. The van der Waals surface area contributed by atoms with Gasteiger partial charge in [-0.3, -0.25) is 0 Å². The van der Waals surface area contributed by atoms with Crippen molar-refractivity contribution in [3.8, 4) is 0 Å². The van der Waals surface area contributed by atoms with Gasteiger partial charge in [-0.15, -0.1) is 0 Å². The molecule has 5 heteroatoms. The van der Waals surface area contributed by atoms with Gasteiger partial charge in [0.05, 0.1) is 7.11 Å². The molecule has 1 N–H and O–H groups in total. The summed E-state index contributed by atoms with van der Waals surface area (Å²) in [6.45, 7) is 1.70. The maximum Gasteiger partial charge on any atom is 0.408 e. The molecule has 1 unspecified atom stereocenters. The van der Waals surface area contributed by atoms with E-state index in [-0.39, 0.29) is 6.10 Å². The van der Waals surface area contributed by atoms with Gasteiger partial charge >= 0.3 is 12.1 Å². The summed E-state index contributed by atoms with van der Waals surface area (Å²) in [7, 11) is 1.34. The number of rotatable bonds is 5. The molecule has 4 bridgehead atoms. The van der Waals surface area contributed by atoms with Gasteiger partial charge in [-0.05, 0) is 68.3 Å². The molecule has 0 heterocycles. The predicted molar refractivity (Wildman–Crippen MR) is 101 cm³/mol. The predicted octanol–water partition coefficient (Wildman–Crippen LogP) is 3.71. The summed E-state index contributed by atoms with van der Waals surface area (Å²) < 4.78 is 10.9. The first-order chi connectivity index (χ1) is 13.0. The molecule has 146 valence electrons. The van der Waals surface area contributed by atoms with Gasteiger partial charge in [0.2, 0.25) is 0 Å². The molecule has 0 spiro atoms. The zero-order valence-corrected chi connectivity index (χ0v) is 16.1. The Hall–Kier alpha value is -2.04. The van der Waals surface area contributed by atoms with E-state index in [0.29, 0.717) is 18.3 Å². The first-order valence-corrected chi connectivity index (χ1v) is 10.1. The Morgan fingerprint density at radius 3 is 2.19 bits per heavy atom. The van der Waals surface area contributed by atoms with Crippen LogP contribution in [0.25, 0.3) is 0 Å². The summed E-state index contributed by atoms with van der Waals surface area (Å²) >= 11 is 0. The van der Waals surface area contributed by atoms with Crippen LogP contribution >= 0.6 is 0 Å². The van der Waals surface area contributed by atoms with Crippen LogP contribution in [0, 0.1) is 23.7 Å². The van der Waals surface area contributed by atoms with Gasteiger partial charge in [0.25, 0.3) is 0 Å². The van der Waals surface area contributed by atoms with E-state index < -0.39 is 17.6 Å². The van der Waals surface area contributed by atoms with Gasteiger partial charge in [-0.1, -0.05) is 30.3 Å². The highest BCUT2D eigenvalue weighted by Gasteiger charge is 2.50. The highest BCUT2D eigenvalue weighted by molar-refractivity contribution is 5.85. The lowest BCUT2D eigenvalue weighted by atomic mass is 9.55. The third-order valence-electron chi connectivity index (χ3n) is 6.80. The number of hydrogen-bond acceptors (Lipinski definition) is 4. The van der Waals surface area contributed by atoms with Gasteiger partial charge < -0.3 is 14.8 Å². The van der Waals surface area contributed by atoms with Crippen molar-refractivity contribution < 1.29 is 19.1 Å². The SMILES string of the molecule is COC(=O)C(C)(Cc1ccccc1)NC(=O)OC1C2CC3CC(C2)CC1C3. The summed E-state index contributed by atoms with van der Waals surface area (Å²) in [5.41, 5.74) is -0.195. The first-order valence-electron chi connectivity index (χ1n) is 10.1. The second-order valence-corrected chi connectivity index (χ2v) is 8.91. The smallest absolute Gasteiger partial charge is 0.408 e. The molecule has 1 aromatic rings. The lowest BCUT2D eigenvalue weighted by Gasteiger charge is -2.53. The molecule has 4 aliphatic rings. The monoisotopic (exact) mass is 371 g/mol. The maximum atomic E-state index is 12.7. The van der Waals surface area contributed by atoms with Crippen LogP contribution in [-0.4, -0.2) is 30.8 Å². The van der Waals surface area contributed by atoms with Crippen molar-refractivity contribution in [1.82, 2.24) is 5.32 Å². The third-order valence-corrected chi connectivity index (χ3v) is 6.80. The Labute approximate surface area is 160 Å². The van der Waals surface area contributed by atoms with Crippen LogP contribution < -0.4 is 5.32 Å². The van der Waals surface area contributed by atoms with Crippen LogP contribution in [0.4, 0.5) is 4.79 Å². The van der Waals surface area contributed by atoms with Crippen LogP contribution in [0.2, 0.25) is 0 Å². The average Bonchev–Trinajstić information content (AvgIpc) is 2.64. The normalized spacial score (nSPS) is 33.2. The summed E-state index contributed by atoms with van der Waals surface area (Å²) in [6.07, 6.45) is 5.95. The lowest BCUT2D eigenvalue weighted by molar-refractivity contribution is -0.148. The van der Waals surface area contributed by atoms with E-state index in [1.807, 2.05) is 30.3 Å². The van der Waals surface area contributed by atoms with Crippen LogP contribution in [0.15, 0.2) is 30.3 Å². The van der Waals surface area contributed by atoms with Crippen molar-refractivity contribution in [2.45, 2.75) is 57.1 Å². The van der Waals surface area contributed by atoms with Crippen LogP contribution in [-0.2, 0) is 20.7 Å². The number of nitrogens with one attached hydrogen (secondary N) is 1. The first kappa shape index (κ1) is 18.3. The number of hydrogen-bond donors (Lipinski definition) is 1. The number of esters is 1. The second-order valence-electron chi connectivity index (χ2n) is 8.91. The molecule has 27 heavy (non-hydrogen) atoms. The summed E-state index contributed by atoms with van der Waals surface area (Å²) in [5, 5.41) is 2.82. The molecule has 4 saturated carbocycles. The molecule has 0 radical (unpaired) electrons. The van der Waals surface area contributed by atoms with Crippen molar-refractivity contribution in [2.75, 3.05) is 7.11 Å². The molecule has 1 amide bonds. The van der Waals surface area contributed by atoms with Gasteiger partial charge in [0.15, 0.2) is 0 Å². The minimum Gasteiger partial charge on any atom is -0.467 e. The molecule has 1 atom stereocenters. The molecule has 1 aromatic carbocycles. The fourth-order valence-electron chi connectivity index (χ4n) is 5.84. The Morgan fingerprint density at radius 1 is 1.04 bits per heavy atom. The van der Waals surface area contributed by atoms with Crippen molar-refractivity contribution in [3.05, 3.63) is 35.9 Å². The molecule has 0 aromatic heterocycles. The molecule has 4 aliphatic carbocycles. The largest absolute Gasteiger partial charge is 0.467 e. The number of ether oxygens (including phenoxy) is 2. The van der Waals surface area contributed by atoms with E-state index in [9.17, 15) is 9.59 Å². The van der Waals surface area contributed by atoms with Gasteiger partial charge in [0.1, 0.15) is 11.6 Å². The fraction of sp³-hybridized carbons (Fsp3) is 0.636. The highest BCUT2D eigenvalue weighted by atomic mass is 16.6. The van der Waals surface area contributed by atoms with Crippen LogP contribution in [0.1, 0.15) is 44.6 Å². The second kappa shape index (κ2) is 7.17. The van der Waals surface area contributed by atoms with Crippen molar-refractivity contribution >= 4 is 12.1 Å². The molecular formula is C22H29NO4. The van der Waals surface area contributed by atoms with E-state index >= 15 is 0 Å². The van der Waals surface area contributed by atoms with E-state index in [0.717, 1.165) is 17.4 Å². The third kappa shape index (κ3) is 3.69. The molecule has 4 fully saturated rings. The van der Waals surface area contributed by atoms with Gasteiger partial charge in [-0.25, -0.2) is 9.59 Å². The Balaban J connectivity index is 1.43. The standard InChI is InChI=1S/C22H29NO4/c1-22(20(24)26-2,13-14-6-4-3-5-7-14)23-21(25)27-19-17-9-15-8-16(11-17)12-18(19)10-15/h3-7,15-19H,8-13H2,1-2H3,(H,23,25). The number of carbonyl (C=O) groups is 2. The summed E-state index contributed by atoms with van der Waals surface area (Å²) in [6, 6.07) is 9.63. The highest BCUT2D eigenvalue weighted by Crippen LogP contribution is 2.54. The van der Waals surface area contributed by atoms with Gasteiger partial charge in [0, 0.05) is 6.42 Å². The topological polar surface area (TPSA) is 64.6 Å². The Bertz CT molecular complexity index is 676. The number of methoxy groups -OCH3 is 1. The van der Waals surface area contributed by atoms with E-state index in [4.69, 9.17) is 9.47 Å². The van der Waals surface area contributed by atoms with Crippen LogP contribution in [0.3, 0.4) is 0 Å². The number of carbonyl (C=O) groups excluding carboxylic acids is 2. The average molecular weight is 371 g/mol. The van der Waals surface area contributed by atoms with Crippen LogP contribution in [0.5, 0.6) is 0 Å². The molecule has 0 saturated heterocycles. The van der Waals surface area contributed by atoms with Crippen molar-refractivity contribution in [1.29, 1.82) is 0 Å². The zero-order chi connectivity index (χ0) is 19.0. The van der Waals surface area contributed by atoms with E-state index in [1.165, 1.54) is 39.2 Å². The number of amides is 1. The van der Waals surface area contributed by atoms with Crippen molar-refractivity contribution in [2.24, 2.45) is 23.7 Å². The summed E-state index contributed by atoms with van der Waals surface area (Å²) in [5.74, 6) is 2.17. The van der Waals surface area contributed by atoms with E-state index in [1.54, 1.807) is 6.92 Å². The van der Waals surface area contributed by atoms with Crippen molar-refractivity contribution in [3.63, 3.8) is 0 Å². The van der Waals surface area contributed by atoms with Gasteiger partial charge in [-0.2, -0.15) is 0 Å². The maximum absolute atomic E-state index is 12.7. The molecular weight excluding hydrogens is 342 g/mol. The molecule has 5 nitrogen and oxygen atoms in total. The minimum atomic E-state index is -1.15.